The Morgan fingerprint density at radius 2 is 2.26 bits per heavy atom. The number of hydrogen-bond donors (Lipinski definition) is 1. The van der Waals surface area contributed by atoms with Crippen molar-refractivity contribution < 1.29 is 14.3 Å². The third kappa shape index (κ3) is 5.03. The van der Waals surface area contributed by atoms with E-state index in [2.05, 4.69) is 20.5 Å². The van der Waals surface area contributed by atoms with Crippen LogP contribution in [0.2, 0.25) is 0 Å². The predicted molar refractivity (Wildman–Crippen MR) is 87.5 cm³/mol. The fourth-order valence-corrected chi connectivity index (χ4v) is 3.33. The lowest BCUT2D eigenvalue weighted by molar-refractivity contribution is -0.142. The zero-order chi connectivity index (χ0) is 16.8. The average Bonchev–Trinajstić information content (AvgIpc) is 3.03. The lowest BCUT2D eigenvalue weighted by atomic mass is 10.3. The number of rotatable bonds is 7. The van der Waals surface area contributed by atoms with Gasteiger partial charge >= 0.3 is 5.97 Å². The van der Waals surface area contributed by atoms with Crippen molar-refractivity contribution >= 4 is 40.1 Å². The number of thiazole rings is 1. The highest BCUT2D eigenvalue weighted by Crippen LogP contribution is 2.24. The molecule has 2 rings (SSSR count). The largest absolute Gasteiger partial charge is 0.466 e. The number of esters is 1. The van der Waals surface area contributed by atoms with Crippen LogP contribution in [-0.4, -0.2) is 44.0 Å². The van der Waals surface area contributed by atoms with Crippen molar-refractivity contribution in [2.75, 3.05) is 17.7 Å². The molecule has 0 aliphatic heterocycles. The fraction of sp³-hybridized carbons (Fsp3) is 0.462. The molecule has 0 saturated carbocycles. The van der Waals surface area contributed by atoms with Crippen molar-refractivity contribution in [3.63, 3.8) is 0 Å². The number of carbonyl (C=O) groups excluding carboxylic acids is 2. The van der Waals surface area contributed by atoms with Gasteiger partial charge in [0.05, 0.1) is 24.5 Å². The van der Waals surface area contributed by atoms with Gasteiger partial charge in [0.15, 0.2) is 10.3 Å². The molecular formula is C13H17N5O3S2. The van der Waals surface area contributed by atoms with Crippen LogP contribution < -0.4 is 5.32 Å². The van der Waals surface area contributed by atoms with E-state index in [9.17, 15) is 9.59 Å². The summed E-state index contributed by atoms with van der Waals surface area (Å²) in [4.78, 5) is 28.5. The predicted octanol–water partition coefficient (Wildman–Crippen LogP) is 1.42. The Hall–Kier alpha value is -1.94. The second kappa shape index (κ2) is 8.06. The van der Waals surface area contributed by atoms with Crippen molar-refractivity contribution in [2.24, 2.45) is 7.05 Å². The second-order valence-electron chi connectivity index (χ2n) is 4.57. The first kappa shape index (κ1) is 17.4. The minimum Gasteiger partial charge on any atom is -0.466 e. The normalized spacial score (nSPS) is 10.6. The number of ether oxygens (including phenoxy) is 1. The molecule has 0 radical (unpaired) electrons. The Bertz CT molecular complexity index is 698. The number of aryl methyl sites for hydroxylation is 2. The standard InChI is InChI=1S/C13H17N5O3S2/c1-4-21-11(20)5-9-8(2)15-12(23-9)16-10(19)6-22-13-17-14-7-18(13)3/h7H,4-6H2,1-3H3,(H,15,16,19). The molecule has 2 heterocycles. The van der Waals surface area contributed by atoms with Crippen LogP contribution in [0.25, 0.3) is 0 Å². The average molecular weight is 355 g/mol. The first-order chi connectivity index (χ1) is 11.0. The fourth-order valence-electron chi connectivity index (χ4n) is 1.68. The van der Waals surface area contributed by atoms with E-state index in [0.29, 0.717) is 16.9 Å². The number of amides is 1. The van der Waals surface area contributed by atoms with Crippen LogP contribution in [0.4, 0.5) is 5.13 Å². The minimum atomic E-state index is -0.296. The Morgan fingerprint density at radius 1 is 1.48 bits per heavy atom. The number of hydrogen-bond acceptors (Lipinski definition) is 8. The molecule has 1 N–H and O–H groups in total. The van der Waals surface area contributed by atoms with Gasteiger partial charge in [0.1, 0.15) is 6.33 Å². The van der Waals surface area contributed by atoms with Crippen LogP contribution in [0, 0.1) is 6.92 Å². The maximum atomic E-state index is 11.9. The van der Waals surface area contributed by atoms with Gasteiger partial charge in [0, 0.05) is 11.9 Å². The van der Waals surface area contributed by atoms with Crippen molar-refractivity contribution in [1.29, 1.82) is 0 Å². The molecule has 2 aromatic heterocycles. The van der Waals surface area contributed by atoms with Gasteiger partial charge in [-0.05, 0) is 13.8 Å². The highest BCUT2D eigenvalue weighted by Gasteiger charge is 2.14. The van der Waals surface area contributed by atoms with Crippen molar-refractivity contribution in [3.8, 4) is 0 Å². The van der Waals surface area contributed by atoms with E-state index in [1.807, 2.05) is 7.05 Å². The Balaban J connectivity index is 1.88. The highest BCUT2D eigenvalue weighted by molar-refractivity contribution is 7.99. The van der Waals surface area contributed by atoms with E-state index in [4.69, 9.17) is 4.74 Å². The SMILES string of the molecule is CCOC(=O)Cc1sc(NC(=O)CSc2nncn2C)nc1C. The lowest BCUT2D eigenvalue weighted by Gasteiger charge is -2.01. The molecule has 10 heteroatoms. The summed E-state index contributed by atoms with van der Waals surface area (Å²) in [5.74, 6) is -0.275. The maximum absolute atomic E-state index is 11.9. The molecule has 0 unspecified atom stereocenters. The van der Waals surface area contributed by atoms with Crippen molar-refractivity contribution in [3.05, 3.63) is 16.9 Å². The number of nitrogens with one attached hydrogen (secondary N) is 1. The smallest absolute Gasteiger partial charge is 0.311 e. The number of carbonyl (C=O) groups is 2. The van der Waals surface area contributed by atoms with Crippen LogP contribution in [0.5, 0.6) is 0 Å². The molecule has 0 saturated heterocycles. The molecular weight excluding hydrogens is 338 g/mol. The van der Waals surface area contributed by atoms with Gasteiger partial charge in [-0.2, -0.15) is 0 Å². The summed E-state index contributed by atoms with van der Waals surface area (Å²) in [6.45, 7) is 3.91. The molecule has 0 spiro atoms. The number of nitrogens with zero attached hydrogens (tertiary/aromatic N) is 4. The van der Waals surface area contributed by atoms with E-state index in [0.717, 1.165) is 10.6 Å². The van der Waals surface area contributed by atoms with E-state index < -0.39 is 0 Å². The van der Waals surface area contributed by atoms with Crippen LogP contribution in [0.15, 0.2) is 11.5 Å². The summed E-state index contributed by atoms with van der Waals surface area (Å²) in [6.07, 6.45) is 1.74. The van der Waals surface area contributed by atoms with Crippen molar-refractivity contribution in [2.45, 2.75) is 25.4 Å². The minimum absolute atomic E-state index is 0.168. The van der Waals surface area contributed by atoms with Crippen LogP contribution in [-0.2, 0) is 27.8 Å². The number of thioether (sulfide) groups is 1. The molecule has 2 aromatic rings. The monoisotopic (exact) mass is 355 g/mol. The summed E-state index contributed by atoms with van der Waals surface area (Å²) >= 11 is 2.57. The van der Waals surface area contributed by atoms with Crippen LogP contribution in [0.1, 0.15) is 17.5 Å². The quantitative estimate of drug-likeness (QED) is 0.592. The third-order valence-corrected chi connectivity index (χ3v) is 4.86. The summed E-state index contributed by atoms with van der Waals surface area (Å²) < 4.78 is 6.66. The van der Waals surface area contributed by atoms with Gasteiger partial charge in [-0.1, -0.05) is 11.8 Å². The van der Waals surface area contributed by atoms with Crippen LogP contribution in [0.3, 0.4) is 0 Å². The maximum Gasteiger partial charge on any atom is 0.311 e. The molecule has 23 heavy (non-hydrogen) atoms. The second-order valence-corrected chi connectivity index (χ2v) is 6.60. The molecule has 124 valence electrons. The zero-order valence-corrected chi connectivity index (χ0v) is 14.7. The van der Waals surface area contributed by atoms with Gasteiger partial charge in [0.25, 0.3) is 0 Å². The number of anilines is 1. The highest BCUT2D eigenvalue weighted by atomic mass is 32.2. The molecule has 0 aromatic carbocycles. The lowest BCUT2D eigenvalue weighted by Crippen LogP contribution is -2.14. The first-order valence-corrected chi connectivity index (χ1v) is 8.68. The molecule has 0 aliphatic carbocycles. The molecule has 0 aliphatic rings. The van der Waals surface area contributed by atoms with E-state index in [1.165, 1.54) is 23.1 Å². The third-order valence-electron chi connectivity index (χ3n) is 2.75. The summed E-state index contributed by atoms with van der Waals surface area (Å²) in [6, 6.07) is 0. The van der Waals surface area contributed by atoms with Crippen molar-refractivity contribution in [1.82, 2.24) is 19.7 Å². The topological polar surface area (TPSA) is 99.0 Å². The van der Waals surface area contributed by atoms with E-state index >= 15 is 0 Å². The molecule has 0 bridgehead atoms. The molecule has 1 amide bonds. The van der Waals surface area contributed by atoms with E-state index in [1.54, 1.807) is 24.7 Å². The van der Waals surface area contributed by atoms with Gasteiger partial charge in [-0.15, -0.1) is 21.5 Å². The van der Waals surface area contributed by atoms with Gasteiger partial charge in [0.2, 0.25) is 5.91 Å². The molecule has 0 atom stereocenters. The Kier molecular flexibility index (Phi) is 6.11. The number of aromatic nitrogens is 4. The Morgan fingerprint density at radius 3 is 2.91 bits per heavy atom. The zero-order valence-electron chi connectivity index (χ0n) is 13.0. The molecule has 8 nitrogen and oxygen atoms in total. The van der Waals surface area contributed by atoms with Gasteiger partial charge < -0.3 is 14.6 Å². The van der Waals surface area contributed by atoms with Gasteiger partial charge in [-0.3, -0.25) is 9.59 Å². The van der Waals surface area contributed by atoms with Crippen LogP contribution >= 0.6 is 23.1 Å². The first-order valence-electron chi connectivity index (χ1n) is 6.88. The Labute approximate surface area is 141 Å². The summed E-state index contributed by atoms with van der Waals surface area (Å²) in [5.41, 5.74) is 0.722. The summed E-state index contributed by atoms with van der Waals surface area (Å²) in [7, 11) is 1.81. The molecule has 0 fully saturated rings. The van der Waals surface area contributed by atoms with Gasteiger partial charge in [-0.25, -0.2) is 4.98 Å². The van der Waals surface area contributed by atoms with E-state index in [-0.39, 0.29) is 24.1 Å². The summed E-state index contributed by atoms with van der Waals surface area (Å²) in [5, 5.41) is 11.5.